The molecule has 1 heterocycles. The highest BCUT2D eigenvalue weighted by Gasteiger charge is 2.10. The maximum absolute atomic E-state index is 12.6. The van der Waals surface area contributed by atoms with Crippen molar-refractivity contribution in [2.45, 2.75) is 0 Å². The number of amides is 3. The van der Waals surface area contributed by atoms with Gasteiger partial charge in [0.15, 0.2) is 12.4 Å². The second kappa shape index (κ2) is 11.4. The molecule has 0 saturated carbocycles. The van der Waals surface area contributed by atoms with E-state index in [0.717, 1.165) is 0 Å². The van der Waals surface area contributed by atoms with Gasteiger partial charge in [-0.3, -0.25) is 14.4 Å². The van der Waals surface area contributed by atoms with Gasteiger partial charge in [-0.2, -0.15) is 0 Å². The first-order chi connectivity index (χ1) is 17.5. The van der Waals surface area contributed by atoms with Crippen molar-refractivity contribution in [2.24, 2.45) is 0 Å². The van der Waals surface area contributed by atoms with Crippen LogP contribution in [-0.4, -0.2) is 31.4 Å². The maximum atomic E-state index is 12.6. The average Bonchev–Trinajstić information content (AvgIpc) is 3.44. The summed E-state index contributed by atoms with van der Waals surface area (Å²) in [6.07, 6.45) is 1.42. The standard InChI is InChI=1S/C27H23N3O6/c1-34-23-5-2-4-21(16-23)28-25(31)17-36-22-13-7-18(8-14-22)26(32)29-19-9-11-20(12-10-19)30-27(33)24-6-3-15-35-24/h2-16H,17H2,1H3,(H,28,31)(H,29,32)(H,30,33). The van der Waals surface area contributed by atoms with Crippen LogP contribution in [0.2, 0.25) is 0 Å². The Hall–Kier alpha value is -5.05. The molecule has 3 amide bonds. The molecule has 0 bridgehead atoms. The van der Waals surface area contributed by atoms with E-state index in [1.807, 2.05) is 0 Å². The van der Waals surface area contributed by atoms with Crippen molar-refractivity contribution in [1.82, 2.24) is 0 Å². The minimum absolute atomic E-state index is 0.189. The molecule has 0 radical (unpaired) electrons. The highest BCUT2D eigenvalue weighted by Crippen LogP contribution is 2.19. The summed E-state index contributed by atoms with van der Waals surface area (Å²) < 4.78 is 15.7. The SMILES string of the molecule is COc1cccc(NC(=O)COc2ccc(C(=O)Nc3ccc(NC(=O)c4ccco4)cc3)cc2)c1. The number of nitrogens with one attached hydrogen (secondary N) is 3. The summed E-state index contributed by atoms with van der Waals surface area (Å²) in [7, 11) is 1.55. The molecule has 9 nitrogen and oxygen atoms in total. The van der Waals surface area contributed by atoms with E-state index in [1.165, 1.54) is 6.26 Å². The number of furan rings is 1. The van der Waals surface area contributed by atoms with Gasteiger partial charge in [0.05, 0.1) is 13.4 Å². The highest BCUT2D eigenvalue weighted by molar-refractivity contribution is 6.05. The van der Waals surface area contributed by atoms with E-state index < -0.39 is 0 Å². The number of ether oxygens (including phenoxy) is 2. The summed E-state index contributed by atoms with van der Waals surface area (Å²) >= 11 is 0. The Labute approximate surface area is 207 Å². The quantitative estimate of drug-likeness (QED) is 0.313. The average molecular weight is 485 g/mol. The Bertz CT molecular complexity index is 1330. The first kappa shape index (κ1) is 24.1. The molecule has 3 aromatic carbocycles. The van der Waals surface area contributed by atoms with Crippen LogP contribution in [0.1, 0.15) is 20.9 Å². The molecule has 36 heavy (non-hydrogen) atoms. The number of anilines is 3. The number of rotatable bonds is 9. The number of hydrogen-bond acceptors (Lipinski definition) is 6. The van der Waals surface area contributed by atoms with Crippen molar-refractivity contribution < 1.29 is 28.3 Å². The Morgan fingerprint density at radius 1 is 0.722 bits per heavy atom. The first-order valence-electron chi connectivity index (χ1n) is 10.9. The summed E-state index contributed by atoms with van der Waals surface area (Å²) in [6, 6.07) is 23.3. The maximum Gasteiger partial charge on any atom is 0.291 e. The molecular weight excluding hydrogens is 462 g/mol. The van der Waals surface area contributed by atoms with Crippen molar-refractivity contribution in [1.29, 1.82) is 0 Å². The van der Waals surface area contributed by atoms with Gasteiger partial charge in [0, 0.05) is 28.7 Å². The smallest absolute Gasteiger partial charge is 0.291 e. The third-order valence-electron chi connectivity index (χ3n) is 4.99. The predicted molar refractivity (Wildman–Crippen MR) is 135 cm³/mol. The van der Waals surface area contributed by atoms with Crippen LogP contribution in [0.15, 0.2) is 95.6 Å². The summed E-state index contributed by atoms with van der Waals surface area (Å²) in [5, 5.41) is 8.22. The monoisotopic (exact) mass is 485 g/mol. The van der Waals surface area contributed by atoms with E-state index in [4.69, 9.17) is 13.9 Å². The van der Waals surface area contributed by atoms with Crippen LogP contribution in [0.25, 0.3) is 0 Å². The Morgan fingerprint density at radius 3 is 2.06 bits per heavy atom. The minimum Gasteiger partial charge on any atom is -0.497 e. The third-order valence-corrected chi connectivity index (χ3v) is 4.99. The second-order valence-corrected chi connectivity index (χ2v) is 7.56. The van der Waals surface area contributed by atoms with Crippen molar-refractivity contribution in [2.75, 3.05) is 29.7 Å². The molecule has 0 aliphatic carbocycles. The van der Waals surface area contributed by atoms with Gasteiger partial charge in [-0.05, 0) is 72.8 Å². The van der Waals surface area contributed by atoms with Crippen LogP contribution in [0.5, 0.6) is 11.5 Å². The Balaban J connectivity index is 1.25. The number of benzene rings is 3. The van der Waals surface area contributed by atoms with E-state index >= 15 is 0 Å². The van der Waals surface area contributed by atoms with Gasteiger partial charge >= 0.3 is 0 Å². The Morgan fingerprint density at radius 2 is 1.42 bits per heavy atom. The molecular formula is C27H23N3O6. The normalized spacial score (nSPS) is 10.2. The molecule has 0 aliphatic heterocycles. The zero-order chi connectivity index (χ0) is 25.3. The van der Waals surface area contributed by atoms with Crippen LogP contribution < -0.4 is 25.4 Å². The van der Waals surface area contributed by atoms with Crippen molar-refractivity contribution in [3.63, 3.8) is 0 Å². The third kappa shape index (κ3) is 6.51. The highest BCUT2D eigenvalue weighted by atomic mass is 16.5. The molecule has 0 spiro atoms. The molecule has 0 saturated heterocycles. The second-order valence-electron chi connectivity index (χ2n) is 7.56. The fraction of sp³-hybridized carbons (Fsp3) is 0.0741. The molecule has 0 atom stereocenters. The van der Waals surface area contributed by atoms with Gasteiger partial charge in [-0.25, -0.2) is 0 Å². The topological polar surface area (TPSA) is 119 Å². The number of hydrogen-bond donors (Lipinski definition) is 3. The lowest BCUT2D eigenvalue weighted by molar-refractivity contribution is -0.118. The van der Waals surface area contributed by atoms with Gasteiger partial charge in [0.25, 0.3) is 17.7 Å². The van der Waals surface area contributed by atoms with E-state index in [1.54, 1.807) is 92.0 Å². The fourth-order valence-electron chi connectivity index (χ4n) is 3.19. The number of methoxy groups -OCH3 is 1. The van der Waals surface area contributed by atoms with Crippen molar-refractivity contribution in [3.05, 3.63) is 103 Å². The van der Waals surface area contributed by atoms with Gasteiger partial charge in [-0.1, -0.05) is 6.07 Å². The Kier molecular flexibility index (Phi) is 7.62. The van der Waals surface area contributed by atoms with Gasteiger partial charge < -0.3 is 29.8 Å². The lowest BCUT2D eigenvalue weighted by Crippen LogP contribution is -2.20. The molecule has 0 fully saturated rings. The summed E-state index contributed by atoms with van der Waals surface area (Å²) in [5.74, 6) is 0.284. The first-order valence-corrected chi connectivity index (χ1v) is 10.9. The molecule has 3 N–H and O–H groups in total. The van der Waals surface area contributed by atoms with E-state index in [0.29, 0.717) is 34.1 Å². The summed E-state index contributed by atoms with van der Waals surface area (Å²) in [4.78, 5) is 36.7. The molecule has 1 aromatic heterocycles. The molecule has 182 valence electrons. The molecule has 4 rings (SSSR count). The van der Waals surface area contributed by atoms with Crippen LogP contribution in [-0.2, 0) is 4.79 Å². The lowest BCUT2D eigenvalue weighted by atomic mass is 10.2. The zero-order valence-corrected chi connectivity index (χ0v) is 19.3. The zero-order valence-electron chi connectivity index (χ0n) is 19.3. The molecule has 0 unspecified atom stereocenters. The van der Waals surface area contributed by atoms with Gasteiger partial charge in [0.1, 0.15) is 11.5 Å². The van der Waals surface area contributed by atoms with Crippen LogP contribution >= 0.6 is 0 Å². The molecule has 9 heteroatoms. The van der Waals surface area contributed by atoms with E-state index in [-0.39, 0.29) is 30.1 Å². The van der Waals surface area contributed by atoms with Crippen molar-refractivity contribution in [3.8, 4) is 11.5 Å². The van der Waals surface area contributed by atoms with Crippen LogP contribution in [0.4, 0.5) is 17.1 Å². The summed E-state index contributed by atoms with van der Waals surface area (Å²) in [5.41, 5.74) is 2.14. The molecule has 0 aliphatic rings. The fourth-order valence-corrected chi connectivity index (χ4v) is 3.19. The van der Waals surface area contributed by atoms with E-state index in [2.05, 4.69) is 16.0 Å². The van der Waals surface area contributed by atoms with Gasteiger partial charge in [0.2, 0.25) is 0 Å². The van der Waals surface area contributed by atoms with Gasteiger partial charge in [-0.15, -0.1) is 0 Å². The minimum atomic E-state index is -0.364. The number of carbonyl (C=O) groups is 3. The van der Waals surface area contributed by atoms with Crippen LogP contribution in [0.3, 0.4) is 0 Å². The van der Waals surface area contributed by atoms with E-state index in [9.17, 15) is 14.4 Å². The largest absolute Gasteiger partial charge is 0.497 e. The number of carbonyl (C=O) groups excluding carboxylic acids is 3. The van der Waals surface area contributed by atoms with Crippen LogP contribution in [0, 0.1) is 0 Å². The summed E-state index contributed by atoms with van der Waals surface area (Å²) in [6.45, 7) is -0.189. The predicted octanol–water partition coefficient (Wildman–Crippen LogP) is 4.81. The lowest BCUT2D eigenvalue weighted by Gasteiger charge is -2.10. The molecule has 4 aromatic rings. The van der Waals surface area contributed by atoms with Crippen molar-refractivity contribution >= 4 is 34.8 Å².